The van der Waals surface area contributed by atoms with E-state index in [9.17, 15) is 8.42 Å². The zero-order valence-electron chi connectivity index (χ0n) is 20.2. The van der Waals surface area contributed by atoms with E-state index >= 15 is 0 Å². The molecule has 0 unspecified atom stereocenters. The fourth-order valence-corrected chi connectivity index (χ4v) is 8.42. The number of halogens is 1. The van der Waals surface area contributed by atoms with Gasteiger partial charge in [-0.3, -0.25) is 0 Å². The van der Waals surface area contributed by atoms with Gasteiger partial charge in [-0.2, -0.15) is 0 Å². The van der Waals surface area contributed by atoms with Crippen molar-refractivity contribution in [3.05, 3.63) is 126 Å². The molecular weight excluding hydrogens is 580 g/mol. The van der Waals surface area contributed by atoms with Crippen LogP contribution in [0.4, 0.5) is 0 Å². The Hall–Kier alpha value is -1.83. The van der Waals surface area contributed by atoms with Crippen molar-refractivity contribution in [3.63, 3.8) is 0 Å². The van der Waals surface area contributed by atoms with Crippen LogP contribution in [-0.4, -0.2) is 13.9 Å². The number of hydrogen-bond acceptors (Lipinski definition) is 2. The van der Waals surface area contributed by atoms with Crippen molar-refractivity contribution in [2.45, 2.75) is 31.6 Å². The second kappa shape index (κ2) is 15.3. The van der Waals surface area contributed by atoms with Crippen molar-refractivity contribution in [1.82, 2.24) is 0 Å². The number of hydrogen-bond donors (Lipinski definition) is 0. The molecule has 0 saturated carbocycles. The summed E-state index contributed by atoms with van der Waals surface area (Å²) in [6, 6.07) is 37.2. The maximum atomic E-state index is 12.8. The quantitative estimate of drug-likeness (QED) is 0.169. The first-order chi connectivity index (χ1) is 16.9. The van der Waals surface area contributed by atoms with Crippen LogP contribution in [0.1, 0.15) is 30.9 Å². The number of aryl methyl sites for hydroxylation is 1. The molecule has 0 fully saturated rings. The molecule has 0 heterocycles. The van der Waals surface area contributed by atoms with Crippen molar-refractivity contribution in [2.24, 2.45) is 0 Å². The predicted molar refractivity (Wildman–Crippen MR) is 149 cm³/mol. The molecular formula is C29H31ClO2PRuS+. The van der Waals surface area contributed by atoms with Crippen LogP contribution in [0.3, 0.4) is 0 Å². The molecule has 0 aliphatic rings. The molecule has 0 aliphatic carbocycles. The van der Waals surface area contributed by atoms with Crippen LogP contribution < -0.4 is 10.6 Å². The van der Waals surface area contributed by atoms with Gasteiger partial charge in [0.1, 0.15) is 0 Å². The van der Waals surface area contributed by atoms with Gasteiger partial charge in [0.05, 0.1) is 10.4 Å². The monoisotopic (exact) mass is 611 g/mol. The molecule has 6 heteroatoms. The molecule has 4 aromatic rings. The average Bonchev–Trinajstić information content (AvgIpc) is 2.91. The van der Waals surface area contributed by atoms with Crippen molar-refractivity contribution in [2.75, 3.05) is 5.49 Å². The van der Waals surface area contributed by atoms with E-state index in [4.69, 9.17) is 0 Å². The van der Waals surface area contributed by atoms with Gasteiger partial charge < -0.3 is 0 Å². The normalized spacial score (nSPS) is 10.7. The van der Waals surface area contributed by atoms with E-state index in [1.54, 1.807) is 24.3 Å². The van der Waals surface area contributed by atoms with E-state index in [1.165, 1.54) is 11.1 Å². The summed E-state index contributed by atoms with van der Waals surface area (Å²) in [5, 5.41) is 2.15. The Kier molecular flexibility index (Phi) is 12.9. The number of benzene rings is 4. The maximum absolute atomic E-state index is 12.8. The first-order valence-corrected chi connectivity index (χ1v) is 16.6. The van der Waals surface area contributed by atoms with Crippen molar-refractivity contribution in [1.29, 1.82) is 0 Å². The van der Waals surface area contributed by atoms with E-state index in [0.29, 0.717) is 10.8 Å². The molecule has 0 bridgehead atoms. The molecule has 0 amide bonds. The third kappa shape index (κ3) is 9.62. The first kappa shape index (κ1) is 29.4. The first-order valence-electron chi connectivity index (χ1n) is 11.2. The zero-order chi connectivity index (χ0) is 25.7. The molecule has 0 saturated heterocycles. The molecule has 35 heavy (non-hydrogen) atoms. The molecule has 2 nitrogen and oxygen atoms in total. The Morgan fingerprint density at radius 1 is 0.686 bits per heavy atom. The second-order valence-corrected chi connectivity index (χ2v) is 12.8. The minimum atomic E-state index is -3.33. The zero-order valence-corrected chi connectivity index (χ0v) is 24.4. The summed E-state index contributed by atoms with van der Waals surface area (Å²) in [7, 11) is 0.291. The molecule has 0 aromatic heterocycles. The van der Waals surface area contributed by atoms with Crippen molar-refractivity contribution in [3.8, 4) is 0 Å². The van der Waals surface area contributed by atoms with Gasteiger partial charge in [-0.25, -0.2) is 8.42 Å². The van der Waals surface area contributed by atoms with Gasteiger partial charge in [-0.1, -0.05) is 123 Å². The van der Waals surface area contributed by atoms with Gasteiger partial charge in [-0.05, 0) is 49.1 Å². The fraction of sp³-hybridized carbons (Fsp3) is 0.172. The summed E-state index contributed by atoms with van der Waals surface area (Å²) >= 11 is 1.82. The number of sulfone groups is 1. The summed E-state index contributed by atoms with van der Waals surface area (Å²) in [5.74, 6) is 0.653. The third-order valence-corrected chi connectivity index (χ3v) is 10.5. The summed E-state index contributed by atoms with van der Waals surface area (Å²) in [6.07, 6.45) is 0. The van der Waals surface area contributed by atoms with Crippen LogP contribution in [0.5, 0.6) is 0 Å². The Morgan fingerprint density at radius 2 is 1.09 bits per heavy atom. The Balaban J connectivity index is 0.000000302. The van der Waals surface area contributed by atoms with E-state index in [-0.39, 0.29) is 5.49 Å². The van der Waals surface area contributed by atoms with Gasteiger partial charge in [0.25, 0.3) is 0 Å². The molecule has 0 N–H and O–H groups in total. The third-order valence-electron chi connectivity index (χ3n) is 5.28. The van der Waals surface area contributed by atoms with Crippen molar-refractivity contribution < 1.29 is 25.7 Å². The van der Waals surface area contributed by atoms with Crippen molar-refractivity contribution >= 4 is 38.1 Å². The van der Waals surface area contributed by atoms with E-state index in [2.05, 4.69) is 54.7 Å². The number of rotatable bonds is 6. The summed E-state index contributed by atoms with van der Waals surface area (Å²) < 4.78 is 25.6. The van der Waals surface area contributed by atoms with Crippen LogP contribution in [0, 0.1) is 6.92 Å². The van der Waals surface area contributed by atoms with E-state index in [1.807, 2.05) is 84.0 Å². The molecule has 0 radical (unpaired) electrons. The van der Waals surface area contributed by atoms with Crippen LogP contribution in [-0.2, 0) is 27.1 Å². The average molecular weight is 611 g/mol. The molecule has 4 rings (SSSR count). The van der Waals surface area contributed by atoms with Crippen LogP contribution >= 0.6 is 17.6 Å². The van der Waals surface area contributed by atoms with Crippen LogP contribution in [0.2, 0.25) is 0 Å². The standard InChI is InChI=1S/C19H17O2PS.C10H14.ClH.Ru/c20-23(21,19-14-8-3-9-15-19)16-22(17-10-4-1-5-11-17)18-12-6-2-7-13-18;1-8(2)10-6-4-9(3)5-7-10;;/h1-15H,16H2;4-8H,1-3H3;1H;/q;;;+2/p-1. The topological polar surface area (TPSA) is 34.1 Å². The summed E-state index contributed by atoms with van der Waals surface area (Å²) in [6.45, 7) is 6.54. The van der Waals surface area contributed by atoms with Crippen LogP contribution in [0.15, 0.2) is 120 Å². The fourth-order valence-electron chi connectivity index (χ4n) is 3.34. The van der Waals surface area contributed by atoms with E-state index in [0.717, 1.165) is 10.6 Å². The summed E-state index contributed by atoms with van der Waals surface area (Å²) in [5.41, 5.74) is 2.88. The molecule has 0 aliphatic heterocycles. The Bertz CT molecular complexity index is 1180. The van der Waals surface area contributed by atoms with Gasteiger partial charge in [0.2, 0.25) is 0 Å². The van der Waals surface area contributed by atoms with E-state index < -0.39 is 17.8 Å². The Labute approximate surface area is 226 Å². The SMILES string of the molecule is Cc1ccc(C(C)C)cc1.O=S(=O)(CP(c1ccccc1)c1ccccc1)c1ccccc1.[Cl][Ru+]. The minimum absolute atomic E-state index is 0.125. The molecule has 184 valence electrons. The van der Waals surface area contributed by atoms with Crippen LogP contribution in [0.25, 0.3) is 0 Å². The van der Waals surface area contributed by atoms with Gasteiger partial charge in [0, 0.05) is 0 Å². The molecule has 0 atom stereocenters. The second-order valence-electron chi connectivity index (χ2n) is 8.22. The van der Waals surface area contributed by atoms with Gasteiger partial charge >= 0.3 is 27.0 Å². The van der Waals surface area contributed by atoms with Gasteiger partial charge in [-0.15, -0.1) is 0 Å². The summed E-state index contributed by atoms with van der Waals surface area (Å²) in [4.78, 5) is 0.388. The molecule has 0 spiro atoms. The Morgan fingerprint density at radius 3 is 1.49 bits per heavy atom. The predicted octanol–water partition coefficient (Wildman–Crippen LogP) is 7.36. The van der Waals surface area contributed by atoms with Gasteiger partial charge in [0.15, 0.2) is 9.84 Å². The molecule has 4 aromatic carbocycles.